The van der Waals surface area contributed by atoms with Gasteiger partial charge in [-0.05, 0) is 31.4 Å². The molecular weight excluding hydrogens is 241 g/mol. The Balaban J connectivity index is 2.10. The number of piperazine rings is 1. The molecule has 19 heavy (non-hydrogen) atoms. The third-order valence-corrected chi connectivity index (χ3v) is 4.23. The van der Waals surface area contributed by atoms with Crippen molar-refractivity contribution in [3.8, 4) is 0 Å². The van der Waals surface area contributed by atoms with Crippen molar-refractivity contribution < 1.29 is 4.39 Å². The third kappa shape index (κ3) is 3.51. The molecule has 1 saturated heterocycles. The molecule has 1 N–H and O–H groups in total. The third-order valence-electron chi connectivity index (χ3n) is 4.23. The molecule has 1 fully saturated rings. The summed E-state index contributed by atoms with van der Waals surface area (Å²) >= 11 is 0. The fraction of sp³-hybridized carbons (Fsp3) is 0.667. The SMILES string of the molecule is CCC1CNC(C)(CC)CN1Cc1cncc(F)c1. The number of aromatic nitrogens is 1. The highest BCUT2D eigenvalue weighted by atomic mass is 19.1. The fourth-order valence-electron chi connectivity index (χ4n) is 2.73. The van der Waals surface area contributed by atoms with Crippen LogP contribution in [0.5, 0.6) is 0 Å². The molecule has 1 aromatic heterocycles. The predicted molar refractivity (Wildman–Crippen MR) is 75.4 cm³/mol. The lowest BCUT2D eigenvalue weighted by Gasteiger charge is -2.46. The van der Waals surface area contributed by atoms with Gasteiger partial charge in [-0.3, -0.25) is 9.88 Å². The van der Waals surface area contributed by atoms with Gasteiger partial charge in [0.05, 0.1) is 6.20 Å². The standard InChI is InChI=1S/C15H24FN3/c1-4-14-9-18-15(3,5-2)11-19(14)10-12-6-13(16)8-17-7-12/h6-8,14,18H,4-5,9-11H2,1-3H3. The molecule has 1 aromatic rings. The largest absolute Gasteiger partial charge is 0.309 e. The van der Waals surface area contributed by atoms with E-state index >= 15 is 0 Å². The Hall–Kier alpha value is -1.00. The zero-order valence-electron chi connectivity index (χ0n) is 12.1. The average Bonchev–Trinajstić information content (AvgIpc) is 2.39. The van der Waals surface area contributed by atoms with Gasteiger partial charge in [-0.1, -0.05) is 13.8 Å². The van der Waals surface area contributed by atoms with Crippen molar-refractivity contribution in [2.45, 2.75) is 51.7 Å². The molecule has 2 atom stereocenters. The Kier molecular flexibility index (Phi) is 4.53. The fourth-order valence-corrected chi connectivity index (χ4v) is 2.73. The van der Waals surface area contributed by atoms with E-state index in [1.54, 1.807) is 12.3 Å². The lowest BCUT2D eigenvalue weighted by molar-refractivity contribution is 0.0753. The number of pyridine rings is 1. The first kappa shape index (κ1) is 14.4. The van der Waals surface area contributed by atoms with Gasteiger partial charge in [0.25, 0.3) is 0 Å². The van der Waals surface area contributed by atoms with Crippen LogP contribution >= 0.6 is 0 Å². The van der Waals surface area contributed by atoms with Crippen LogP contribution in [0, 0.1) is 5.82 Å². The van der Waals surface area contributed by atoms with Gasteiger partial charge in [-0.15, -0.1) is 0 Å². The summed E-state index contributed by atoms with van der Waals surface area (Å²) in [4.78, 5) is 6.39. The number of rotatable bonds is 4. The maximum Gasteiger partial charge on any atom is 0.141 e. The van der Waals surface area contributed by atoms with Crippen molar-refractivity contribution in [3.63, 3.8) is 0 Å². The van der Waals surface area contributed by atoms with Gasteiger partial charge in [0, 0.05) is 37.4 Å². The van der Waals surface area contributed by atoms with Gasteiger partial charge in [0.2, 0.25) is 0 Å². The maximum atomic E-state index is 13.2. The van der Waals surface area contributed by atoms with Crippen LogP contribution in [0.4, 0.5) is 4.39 Å². The molecule has 4 heteroatoms. The Morgan fingerprint density at radius 1 is 1.47 bits per heavy atom. The number of nitrogens with zero attached hydrogens (tertiary/aromatic N) is 2. The van der Waals surface area contributed by atoms with E-state index in [0.717, 1.165) is 38.0 Å². The molecule has 106 valence electrons. The van der Waals surface area contributed by atoms with Gasteiger partial charge in [0.1, 0.15) is 5.82 Å². The zero-order valence-corrected chi connectivity index (χ0v) is 12.1. The minimum absolute atomic E-state index is 0.159. The highest BCUT2D eigenvalue weighted by Crippen LogP contribution is 2.22. The Morgan fingerprint density at radius 3 is 2.89 bits per heavy atom. The second-order valence-electron chi connectivity index (χ2n) is 5.77. The van der Waals surface area contributed by atoms with Crippen LogP contribution < -0.4 is 5.32 Å². The maximum absolute atomic E-state index is 13.2. The van der Waals surface area contributed by atoms with Crippen molar-refractivity contribution in [1.82, 2.24) is 15.2 Å². The van der Waals surface area contributed by atoms with Gasteiger partial charge in [-0.25, -0.2) is 4.39 Å². The lowest BCUT2D eigenvalue weighted by atomic mass is 9.92. The number of halogens is 1. The summed E-state index contributed by atoms with van der Waals surface area (Å²) in [6.45, 7) is 9.46. The van der Waals surface area contributed by atoms with Crippen LogP contribution in [0.25, 0.3) is 0 Å². The summed E-state index contributed by atoms with van der Waals surface area (Å²) < 4.78 is 13.2. The molecule has 2 rings (SSSR count). The van der Waals surface area contributed by atoms with E-state index in [-0.39, 0.29) is 11.4 Å². The van der Waals surface area contributed by atoms with E-state index in [1.807, 2.05) is 0 Å². The molecule has 0 spiro atoms. The van der Waals surface area contributed by atoms with Gasteiger partial charge < -0.3 is 5.32 Å². The molecule has 0 radical (unpaired) electrons. The van der Waals surface area contributed by atoms with Crippen molar-refractivity contribution in [2.75, 3.05) is 13.1 Å². The molecule has 0 bridgehead atoms. The molecule has 2 unspecified atom stereocenters. The zero-order chi connectivity index (χ0) is 13.9. The first-order valence-corrected chi connectivity index (χ1v) is 7.15. The summed E-state index contributed by atoms with van der Waals surface area (Å²) in [5, 5.41) is 3.64. The van der Waals surface area contributed by atoms with Crippen molar-refractivity contribution in [1.29, 1.82) is 0 Å². The van der Waals surface area contributed by atoms with Crippen LogP contribution in [0.1, 0.15) is 39.2 Å². The lowest BCUT2D eigenvalue weighted by Crippen LogP contribution is -2.62. The number of nitrogens with one attached hydrogen (secondary N) is 1. The molecule has 1 aliphatic rings. The second kappa shape index (κ2) is 5.97. The summed E-state index contributed by atoms with van der Waals surface area (Å²) in [5.74, 6) is -0.251. The first-order valence-electron chi connectivity index (χ1n) is 7.15. The van der Waals surface area contributed by atoms with E-state index in [9.17, 15) is 4.39 Å². The highest BCUT2D eigenvalue weighted by molar-refractivity contribution is 5.11. The van der Waals surface area contributed by atoms with Crippen LogP contribution in [0.3, 0.4) is 0 Å². The molecular formula is C15H24FN3. The van der Waals surface area contributed by atoms with E-state index in [1.165, 1.54) is 6.20 Å². The normalized spacial score (nSPS) is 28.5. The molecule has 3 nitrogen and oxygen atoms in total. The Bertz CT molecular complexity index is 424. The monoisotopic (exact) mass is 265 g/mol. The molecule has 1 aliphatic heterocycles. The Labute approximate surface area is 115 Å². The minimum atomic E-state index is -0.251. The highest BCUT2D eigenvalue weighted by Gasteiger charge is 2.33. The number of hydrogen-bond acceptors (Lipinski definition) is 3. The number of hydrogen-bond donors (Lipinski definition) is 1. The van der Waals surface area contributed by atoms with Crippen molar-refractivity contribution in [3.05, 3.63) is 29.8 Å². The van der Waals surface area contributed by atoms with Gasteiger partial charge >= 0.3 is 0 Å². The smallest absolute Gasteiger partial charge is 0.141 e. The van der Waals surface area contributed by atoms with E-state index in [4.69, 9.17) is 0 Å². The minimum Gasteiger partial charge on any atom is -0.309 e. The van der Waals surface area contributed by atoms with Crippen molar-refractivity contribution >= 4 is 0 Å². The second-order valence-corrected chi connectivity index (χ2v) is 5.77. The molecule has 0 aromatic carbocycles. The van der Waals surface area contributed by atoms with Crippen LogP contribution in [0.15, 0.2) is 18.5 Å². The van der Waals surface area contributed by atoms with Crippen molar-refractivity contribution in [2.24, 2.45) is 0 Å². The average molecular weight is 265 g/mol. The summed E-state index contributed by atoms with van der Waals surface area (Å²) in [5.41, 5.74) is 1.12. The Morgan fingerprint density at radius 2 is 2.26 bits per heavy atom. The van der Waals surface area contributed by atoms with E-state index in [0.29, 0.717) is 6.04 Å². The van der Waals surface area contributed by atoms with Gasteiger partial charge in [-0.2, -0.15) is 0 Å². The predicted octanol–water partition coefficient (Wildman–Crippen LogP) is 2.57. The first-order chi connectivity index (χ1) is 9.06. The topological polar surface area (TPSA) is 28.2 Å². The molecule has 0 amide bonds. The van der Waals surface area contributed by atoms with E-state index in [2.05, 4.69) is 36.0 Å². The molecule has 0 aliphatic carbocycles. The summed E-state index contributed by atoms with van der Waals surface area (Å²) in [7, 11) is 0. The van der Waals surface area contributed by atoms with Crippen LogP contribution in [-0.2, 0) is 6.54 Å². The van der Waals surface area contributed by atoms with E-state index < -0.39 is 0 Å². The van der Waals surface area contributed by atoms with Crippen LogP contribution in [-0.4, -0.2) is 34.6 Å². The molecule has 2 heterocycles. The van der Waals surface area contributed by atoms with Crippen LogP contribution in [0.2, 0.25) is 0 Å². The summed E-state index contributed by atoms with van der Waals surface area (Å²) in [6, 6.07) is 2.10. The van der Waals surface area contributed by atoms with Gasteiger partial charge in [0.15, 0.2) is 0 Å². The summed E-state index contributed by atoms with van der Waals surface area (Å²) in [6.07, 6.45) is 5.23. The molecule has 0 saturated carbocycles. The quantitative estimate of drug-likeness (QED) is 0.907.